The molecule has 0 spiro atoms. The van der Waals surface area contributed by atoms with Crippen LogP contribution in [0.5, 0.6) is 0 Å². The van der Waals surface area contributed by atoms with Crippen molar-refractivity contribution in [2.75, 3.05) is 19.3 Å². The molecular weight excluding hydrogens is 294 g/mol. The number of hydrogen-bond donors (Lipinski definition) is 0. The summed E-state index contributed by atoms with van der Waals surface area (Å²) in [5.74, 6) is 1.13. The van der Waals surface area contributed by atoms with E-state index >= 15 is 0 Å². The Kier molecular flexibility index (Phi) is 5.47. The summed E-state index contributed by atoms with van der Waals surface area (Å²) >= 11 is 1.37. The number of hydrogen-bond acceptors (Lipinski definition) is 4. The van der Waals surface area contributed by atoms with E-state index in [9.17, 15) is 10.1 Å². The number of carbonyl (C=O) groups is 1. The highest BCUT2D eigenvalue weighted by Gasteiger charge is 2.22. The molecule has 0 atom stereocenters. The second-order valence-corrected chi connectivity index (χ2v) is 7.06. The van der Waals surface area contributed by atoms with Gasteiger partial charge in [-0.3, -0.25) is 4.79 Å². The minimum absolute atomic E-state index is 0.110. The molecule has 22 heavy (non-hydrogen) atoms. The van der Waals surface area contributed by atoms with Crippen LogP contribution in [0.4, 0.5) is 0 Å². The second kappa shape index (κ2) is 7.15. The molecule has 0 aliphatic heterocycles. The molecule has 0 unspecified atom stereocenters. The second-order valence-electron chi connectivity index (χ2n) is 6.10. The van der Waals surface area contributed by atoms with Crippen molar-refractivity contribution >= 4 is 17.7 Å². The van der Waals surface area contributed by atoms with E-state index in [0.29, 0.717) is 22.3 Å². The Hall–Kier alpha value is -1.54. The van der Waals surface area contributed by atoms with Crippen LogP contribution >= 0.6 is 11.8 Å². The molecule has 4 nitrogen and oxygen atoms in total. The maximum absolute atomic E-state index is 12.2. The summed E-state index contributed by atoms with van der Waals surface area (Å²) in [6, 6.07) is 2.23. The number of carbonyl (C=O) groups excluding carboxylic acids is 1. The van der Waals surface area contributed by atoms with Crippen molar-refractivity contribution < 1.29 is 4.79 Å². The highest BCUT2D eigenvalue weighted by atomic mass is 32.2. The number of aromatic nitrogens is 1. The average Bonchev–Trinajstić information content (AvgIpc) is 2.45. The van der Waals surface area contributed by atoms with Crippen LogP contribution in [0, 0.1) is 38.0 Å². The minimum Gasteiger partial charge on any atom is -0.345 e. The van der Waals surface area contributed by atoms with Crippen molar-refractivity contribution in [2.45, 2.75) is 45.1 Å². The molecule has 1 saturated carbocycles. The molecule has 0 radical (unpaired) electrons. The van der Waals surface area contributed by atoms with E-state index in [1.165, 1.54) is 31.0 Å². The highest BCUT2D eigenvalue weighted by Crippen LogP contribution is 2.28. The predicted molar refractivity (Wildman–Crippen MR) is 88.9 cm³/mol. The van der Waals surface area contributed by atoms with Gasteiger partial charge in [0.05, 0.1) is 11.3 Å². The fourth-order valence-electron chi connectivity index (χ4n) is 2.55. The van der Waals surface area contributed by atoms with Crippen LogP contribution in [0.2, 0.25) is 0 Å². The first-order valence-corrected chi connectivity index (χ1v) is 8.67. The van der Waals surface area contributed by atoms with Crippen molar-refractivity contribution in [3.8, 4) is 6.07 Å². The average molecular weight is 317 g/mol. The quantitative estimate of drug-likeness (QED) is 0.782. The lowest BCUT2D eigenvalue weighted by Crippen LogP contribution is -2.35. The molecule has 0 bridgehead atoms. The number of pyridine rings is 1. The van der Waals surface area contributed by atoms with Gasteiger partial charge in [-0.15, -0.1) is 0 Å². The standard InChI is InChI=1S/C17H23N3OS/c1-11-12(2)15(8-18)17(19-13(11)3)22-10-16(21)20(4)9-14-6-5-7-14/h14H,5-7,9-10H2,1-4H3. The van der Waals surface area contributed by atoms with Crippen molar-refractivity contribution in [1.82, 2.24) is 9.88 Å². The number of thioether (sulfide) groups is 1. The molecule has 1 aromatic rings. The monoisotopic (exact) mass is 317 g/mol. The first kappa shape index (κ1) is 16.8. The minimum atomic E-state index is 0.110. The smallest absolute Gasteiger partial charge is 0.232 e. The van der Waals surface area contributed by atoms with Gasteiger partial charge >= 0.3 is 0 Å². The third-order valence-electron chi connectivity index (χ3n) is 4.59. The van der Waals surface area contributed by atoms with E-state index in [1.54, 1.807) is 0 Å². The van der Waals surface area contributed by atoms with Crippen molar-refractivity contribution in [3.63, 3.8) is 0 Å². The van der Waals surface area contributed by atoms with E-state index in [4.69, 9.17) is 0 Å². The lowest BCUT2D eigenvalue weighted by molar-refractivity contribution is -0.128. The van der Waals surface area contributed by atoms with E-state index in [2.05, 4.69) is 11.1 Å². The molecule has 1 fully saturated rings. The molecule has 0 N–H and O–H groups in total. The number of nitrogens with zero attached hydrogens (tertiary/aromatic N) is 3. The molecule has 5 heteroatoms. The van der Waals surface area contributed by atoms with Crippen LogP contribution in [0.1, 0.15) is 41.6 Å². The van der Waals surface area contributed by atoms with Crippen LogP contribution in [0.15, 0.2) is 5.03 Å². The van der Waals surface area contributed by atoms with Gasteiger partial charge in [-0.1, -0.05) is 18.2 Å². The number of nitriles is 1. The van der Waals surface area contributed by atoms with Gasteiger partial charge in [-0.2, -0.15) is 5.26 Å². The van der Waals surface area contributed by atoms with Gasteiger partial charge in [0.25, 0.3) is 0 Å². The van der Waals surface area contributed by atoms with Gasteiger partial charge < -0.3 is 4.90 Å². The summed E-state index contributed by atoms with van der Waals surface area (Å²) in [6.07, 6.45) is 3.77. The zero-order valence-electron chi connectivity index (χ0n) is 13.8. The maximum atomic E-state index is 12.2. The fourth-order valence-corrected chi connectivity index (χ4v) is 3.58. The Bertz CT molecular complexity index is 617. The molecule has 0 saturated heterocycles. The number of aryl methyl sites for hydroxylation is 1. The molecule has 1 heterocycles. The van der Waals surface area contributed by atoms with Gasteiger partial charge in [-0.05, 0) is 50.7 Å². The SMILES string of the molecule is Cc1nc(SCC(=O)N(C)CC2CCC2)c(C#N)c(C)c1C. The van der Waals surface area contributed by atoms with Crippen LogP contribution in [-0.2, 0) is 4.79 Å². The van der Waals surface area contributed by atoms with Gasteiger partial charge in [0.15, 0.2) is 0 Å². The van der Waals surface area contributed by atoms with Gasteiger partial charge in [-0.25, -0.2) is 4.98 Å². The van der Waals surface area contributed by atoms with Gasteiger partial charge in [0.2, 0.25) is 5.91 Å². The summed E-state index contributed by atoms with van der Waals surface area (Å²) in [5, 5.41) is 10.0. The van der Waals surface area contributed by atoms with Crippen molar-refractivity contribution in [3.05, 3.63) is 22.4 Å². The molecule has 1 aliphatic rings. The zero-order chi connectivity index (χ0) is 16.3. The van der Waals surface area contributed by atoms with Gasteiger partial charge in [0.1, 0.15) is 11.1 Å². The fraction of sp³-hybridized carbons (Fsp3) is 0.588. The maximum Gasteiger partial charge on any atom is 0.232 e. The van der Waals surface area contributed by atoms with E-state index in [-0.39, 0.29) is 5.91 Å². The molecule has 118 valence electrons. The molecule has 1 amide bonds. The van der Waals surface area contributed by atoms with E-state index in [0.717, 1.165) is 23.4 Å². The Morgan fingerprint density at radius 3 is 2.59 bits per heavy atom. The Morgan fingerprint density at radius 1 is 1.36 bits per heavy atom. The third-order valence-corrected chi connectivity index (χ3v) is 5.55. The Balaban J connectivity index is 2.01. The van der Waals surface area contributed by atoms with Crippen LogP contribution in [0.25, 0.3) is 0 Å². The molecule has 0 aromatic carbocycles. The largest absolute Gasteiger partial charge is 0.345 e. The molecular formula is C17H23N3OS. The summed E-state index contributed by atoms with van der Waals surface area (Å²) in [5.41, 5.74) is 3.54. The van der Waals surface area contributed by atoms with Crippen LogP contribution in [-0.4, -0.2) is 35.1 Å². The van der Waals surface area contributed by atoms with Crippen LogP contribution < -0.4 is 0 Å². The number of rotatable bonds is 5. The van der Waals surface area contributed by atoms with Crippen molar-refractivity contribution in [1.29, 1.82) is 5.26 Å². The molecule has 2 rings (SSSR count). The lowest BCUT2D eigenvalue weighted by atomic mass is 9.85. The zero-order valence-corrected chi connectivity index (χ0v) is 14.6. The lowest BCUT2D eigenvalue weighted by Gasteiger charge is -2.30. The van der Waals surface area contributed by atoms with E-state index in [1.807, 2.05) is 32.7 Å². The summed E-state index contributed by atoms with van der Waals surface area (Å²) in [6.45, 7) is 6.71. The Labute approximate surface area is 136 Å². The van der Waals surface area contributed by atoms with Gasteiger partial charge in [0, 0.05) is 19.3 Å². The first-order valence-electron chi connectivity index (χ1n) is 7.68. The predicted octanol–water partition coefficient (Wildman–Crippen LogP) is 3.23. The highest BCUT2D eigenvalue weighted by molar-refractivity contribution is 8.00. The topological polar surface area (TPSA) is 57.0 Å². The summed E-state index contributed by atoms with van der Waals surface area (Å²) in [4.78, 5) is 18.5. The van der Waals surface area contributed by atoms with Crippen molar-refractivity contribution in [2.24, 2.45) is 5.92 Å². The number of amides is 1. The van der Waals surface area contributed by atoms with Crippen LogP contribution in [0.3, 0.4) is 0 Å². The summed E-state index contributed by atoms with van der Waals surface area (Å²) in [7, 11) is 1.87. The summed E-state index contributed by atoms with van der Waals surface area (Å²) < 4.78 is 0. The molecule has 1 aromatic heterocycles. The normalized spacial score (nSPS) is 14.3. The molecule has 1 aliphatic carbocycles. The Morgan fingerprint density at radius 2 is 2.05 bits per heavy atom. The first-order chi connectivity index (χ1) is 10.4. The van der Waals surface area contributed by atoms with E-state index < -0.39 is 0 Å². The third kappa shape index (κ3) is 3.61.